The molecule has 1 N–H and O–H groups in total. The van der Waals surface area contributed by atoms with Crippen LogP contribution in [0.3, 0.4) is 0 Å². The van der Waals surface area contributed by atoms with E-state index in [1.807, 2.05) is 0 Å². The smallest absolute Gasteiger partial charge is 0.228 e. The summed E-state index contributed by atoms with van der Waals surface area (Å²) in [6.07, 6.45) is 4.41. The van der Waals surface area contributed by atoms with Crippen molar-refractivity contribution in [3.63, 3.8) is 0 Å². The van der Waals surface area contributed by atoms with Crippen molar-refractivity contribution in [2.75, 3.05) is 19.6 Å². The Morgan fingerprint density at radius 1 is 1.41 bits per heavy atom. The number of hydrogen-bond acceptors (Lipinski definition) is 2. The highest BCUT2D eigenvalue weighted by molar-refractivity contribution is 5.82. The second-order valence-electron chi connectivity index (χ2n) is 5.78. The molecule has 0 aliphatic carbocycles. The van der Waals surface area contributed by atoms with Gasteiger partial charge in [-0.05, 0) is 32.2 Å². The van der Waals surface area contributed by atoms with Crippen molar-refractivity contribution in [3.8, 4) is 0 Å². The molecule has 100 valence electrons. The third-order valence-corrected chi connectivity index (χ3v) is 3.85. The first-order valence-corrected chi connectivity index (χ1v) is 7.04. The normalized spacial score (nSPS) is 21.6. The van der Waals surface area contributed by atoms with Crippen LogP contribution in [0.1, 0.15) is 53.4 Å². The molecule has 1 fully saturated rings. The average molecular weight is 240 g/mol. The molecule has 1 heterocycles. The van der Waals surface area contributed by atoms with Gasteiger partial charge in [-0.2, -0.15) is 0 Å². The van der Waals surface area contributed by atoms with E-state index in [0.717, 1.165) is 38.9 Å². The first kappa shape index (κ1) is 14.5. The van der Waals surface area contributed by atoms with Crippen LogP contribution in [0.2, 0.25) is 0 Å². The third-order valence-electron chi connectivity index (χ3n) is 3.85. The molecule has 0 aromatic rings. The number of amides is 1. The van der Waals surface area contributed by atoms with E-state index in [0.29, 0.717) is 11.9 Å². The number of hydrogen-bond donors (Lipinski definition) is 1. The quantitative estimate of drug-likeness (QED) is 0.800. The summed E-state index contributed by atoms with van der Waals surface area (Å²) in [5.74, 6) is 0.322. The lowest BCUT2D eigenvalue weighted by Gasteiger charge is -2.37. The number of nitrogens with zero attached hydrogens (tertiary/aromatic N) is 1. The van der Waals surface area contributed by atoms with Gasteiger partial charge in [-0.1, -0.05) is 27.7 Å². The fourth-order valence-corrected chi connectivity index (χ4v) is 2.26. The Balaban J connectivity index is 2.51. The minimum atomic E-state index is -0.202. The van der Waals surface area contributed by atoms with Gasteiger partial charge in [0.2, 0.25) is 5.91 Å². The zero-order valence-corrected chi connectivity index (χ0v) is 11.9. The van der Waals surface area contributed by atoms with Crippen molar-refractivity contribution < 1.29 is 4.79 Å². The van der Waals surface area contributed by atoms with E-state index in [2.05, 4.69) is 37.9 Å². The maximum atomic E-state index is 12.4. The molecule has 0 radical (unpaired) electrons. The van der Waals surface area contributed by atoms with Crippen LogP contribution in [-0.4, -0.2) is 36.5 Å². The Hall–Kier alpha value is -0.570. The number of likely N-dealkylation sites (tertiary alicyclic amines) is 1. The van der Waals surface area contributed by atoms with Crippen molar-refractivity contribution in [1.29, 1.82) is 0 Å². The summed E-state index contributed by atoms with van der Waals surface area (Å²) in [6.45, 7) is 11.3. The summed E-state index contributed by atoms with van der Waals surface area (Å²) in [7, 11) is 0. The molecule has 1 unspecified atom stereocenters. The van der Waals surface area contributed by atoms with E-state index < -0.39 is 0 Å². The van der Waals surface area contributed by atoms with E-state index in [1.165, 1.54) is 6.42 Å². The van der Waals surface area contributed by atoms with Gasteiger partial charge in [0, 0.05) is 24.5 Å². The van der Waals surface area contributed by atoms with E-state index >= 15 is 0 Å². The highest BCUT2D eigenvalue weighted by Crippen LogP contribution is 2.25. The Morgan fingerprint density at radius 2 is 2.12 bits per heavy atom. The fraction of sp³-hybridized carbons (Fsp3) is 0.929. The van der Waals surface area contributed by atoms with Gasteiger partial charge in [-0.25, -0.2) is 0 Å². The predicted molar refractivity (Wildman–Crippen MR) is 72.0 cm³/mol. The molecular weight excluding hydrogens is 212 g/mol. The van der Waals surface area contributed by atoms with Crippen molar-refractivity contribution in [1.82, 2.24) is 10.2 Å². The zero-order chi connectivity index (χ0) is 12.9. The van der Waals surface area contributed by atoms with Crippen LogP contribution in [0, 0.1) is 5.41 Å². The van der Waals surface area contributed by atoms with E-state index in [9.17, 15) is 4.79 Å². The molecule has 0 bridgehead atoms. The first-order chi connectivity index (χ1) is 8.01. The highest BCUT2D eigenvalue weighted by atomic mass is 16.2. The maximum Gasteiger partial charge on any atom is 0.228 e. The largest absolute Gasteiger partial charge is 0.341 e. The van der Waals surface area contributed by atoms with E-state index in [4.69, 9.17) is 0 Å². The van der Waals surface area contributed by atoms with Crippen molar-refractivity contribution >= 4 is 5.91 Å². The van der Waals surface area contributed by atoms with E-state index in [-0.39, 0.29) is 5.41 Å². The van der Waals surface area contributed by atoms with Crippen LogP contribution >= 0.6 is 0 Å². The standard InChI is InChI=1S/C14H28N2O/c1-5-9-15-12-8-7-10-16(11-12)13(17)14(3,4)6-2/h12,15H,5-11H2,1-4H3. The van der Waals surface area contributed by atoms with Crippen LogP contribution < -0.4 is 5.32 Å². The summed E-state index contributed by atoms with van der Waals surface area (Å²) >= 11 is 0. The molecule has 0 aromatic carbocycles. The number of carbonyl (C=O) groups excluding carboxylic acids is 1. The number of piperidine rings is 1. The van der Waals surface area contributed by atoms with Gasteiger partial charge in [-0.15, -0.1) is 0 Å². The molecule has 0 saturated carbocycles. The SMILES string of the molecule is CCCNC1CCCN(C(=O)C(C)(C)CC)C1. The van der Waals surface area contributed by atoms with E-state index in [1.54, 1.807) is 0 Å². The van der Waals surface area contributed by atoms with Crippen LogP contribution in [0.15, 0.2) is 0 Å². The Kier molecular flexibility index (Phi) is 5.44. The minimum Gasteiger partial charge on any atom is -0.341 e. The molecule has 3 heteroatoms. The molecule has 1 aliphatic heterocycles. The zero-order valence-electron chi connectivity index (χ0n) is 11.9. The molecule has 0 aromatic heterocycles. The molecular formula is C14H28N2O. The topological polar surface area (TPSA) is 32.3 Å². The van der Waals surface area contributed by atoms with Gasteiger partial charge in [0.15, 0.2) is 0 Å². The van der Waals surface area contributed by atoms with Gasteiger partial charge in [0.1, 0.15) is 0 Å². The van der Waals surface area contributed by atoms with Gasteiger partial charge in [0.05, 0.1) is 0 Å². The first-order valence-electron chi connectivity index (χ1n) is 7.04. The van der Waals surface area contributed by atoms with Gasteiger partial charge < -0.3 is 10.2 Å². The average Bonchev–Trinajstić information content (AvgIpc) is 2.35. The maximum absolute atomic E-state index is 12.4. The Labute approximate surface area is 106 Å². The second-order valence-corrected chi connectivity index (χ2v) is 5.78. The van der Waals surface area contributed by atoms with Crippen LogP contribution in [0.4, 0.5) is 0 Å². The predicted octanol–water partition coefficient (Wildman–Crippen LogP) is 2.41. The van der Waals surface area contributed by atoms with Crippen LogP contribution in [-0.2, 0) is 4.79 Å². The molecule has 1 rings (SSSR count). The molecule has 1 saturated heterocycles. The summed E-state index contributed by atoms with van der Waals surface area (Å²) < 4.78 is 0. The lowest BCUT2D eigenvalue weighted by molar-refractivity contribution is -0.141. The monoisotopic (exact) mass is 240 g/mol. The molecule has 1 amide bonds. The summed E-state index contributed by atoms with van der Waals surface area (Å²) in [4.78, 5) is 14.4. The second kappa shape index (κ2) is 6.39. The summed E-state index contributed by atoms with van der Waals surface area (Å²) in [6, 6.07) is 0.500. The van der Waals surface area contributed by atoms with Gasteiger partial charge >= 0.3 is 0 Å². The Bertz CT molecular complexity index is 251. The van der Waals surface area contributed by atoms with Gasteiger partial charge in [0.25, 0.3) is 0 Å². The number of nitrogens with one attached hydrogen (secondary N) is 1. The molecule has 3 nitrogen and oxygen atoms in total. The number of rotatable bonds is 5. The van der Waals surface area contributed by atoms with Crippen LogP contribution in [0.25, 0.3) is 0 Å². The molecule has 0 spiro atoms. The van der Waals surface area contributed by atoms with Crippen LogP contribution in [0.5, 0.6) is 0 Å². The third kappa shape index (κ3) is 3.98. The lowest BCUT2D eigenvalue weighted by Crippen LogP contribution is -2.51. The summed E-state index contributed by atoms with van der Waals surface area (Å²) in [5.41, 5.74) is -0.202. The fourth-order valence-electron chi connectivity index (χ4n) is 2.26. The van der Waals surface area contributed by atoms with Gasteiger partial charge in [-0.3, -0.25) is 4.79 Å². The molecule has 17 heavy (non-hydrogen) atoms. The van der Waals surface area contributed by atoms with Crippen molar-refractivity contribution in [3.05, 3.63) is 0 Å². The number of carbonyl (C=O) groups is 1. The van der Waals surface area contributed by atoms with Crippen molar-refractivity contribution in [2.24, 2.45) is 5.41 Å². The molecule has 1 atom stereocenters. The lowest BCUT2D eigenvalue weighted by atomic mass is 9.87. The summed E-state index contributed by atoms with van der Waals surface area (Å²) in [5, 5.41) is 3.53. The minimum absolute atomic E-state index is 0.202. The Morgan fingerprint density at radius 3 is 2.71 bits per heavy atom. The van der Waals surface area contributed by atoms with Crippen molar-refractivity contribution in [2.45, 2.75) is 59.4 Å². The molecule has 1 aliphatic rings. The highest BCUT2D eigenvalue weighted by Gasteiger charge is 2.32.